The van der Waals surface area contributed by atoms with Crippen LogP contribution in [0.1, 0.15) is 0 Å². The highest BCUT2D eigenvalue weighted by molar-refractivity contribution is 6.18. The molecular formula is C42H22N6O. The summed E-state index contributed by atoms with van der Waals surface area (Å²) in [5.41, 5.74) is 10.1. The zero-order chi connectivity index (χ0) is 31.8. The highest BCUT2D eigenvalue weighted by Gasteiger charge is 2.29. The summed E-state index contributed by atoms with van der Waals surface area (Å²) in [4.78, 5) is 21.1. The molecule has 49 heavy (non-hydrogen) atoms. The lowest BCUT2D eigenvalue weighted by atomic mass is 10.1. The lowest BCUT2D eigenvalue weighted by Gasteiger charge is -2.11. The first-order chi connectivity index (χ1) is 24.3. The van der Waals surface area contributed by atoms with Crippen molar-refractivity contribution in [2.45, 2.75) is 0 Å². The van der Waals surface area contributed by atoms with E-state index in [9.17, 15) is 0 Å². The van der Waals surface area contributed by atoms with E-state index in [1.54, 1.807) is 0 Å². The van der Waals surface area contributed by atoms with Gasteiger partial charge in [-0.25, -0.2) is 9.97 Å². The molecule has 5 aromatic heterocycles. The molecule has 6 aromatic carbocycles. The van der Waals surface area contributed by atoms with Crippen LogP contribution < -0.4 is 0 Å². The van der Waals surface area contributed by atoms with Gasteiger partial charge in [-0.3, -0.25) is 9.13 Å². The summed E-state index contributed by atoms with van der Waals surface area (Å²) in [6, 6.07) is 46.2. The van der Waals surface area contributed by atoms with E-state index >= 15 is 0 Å². The van der Waals surface area contributed by atoms with Gasteiger partial charge in [0, 0.05) is 49.5 Å². The van der Waals surface area contributed by atoms with Crippen LogP contribution in [0.3, 0.4) is 0 Å². The Labute approximate surface area is 277 Å². The van der Waals surface area contributed by atoms with Gasteiger partial charge in [-0.1, -0.05) is 97.1 Å². The van der Waals surface area contributed by atoms with Crippen molar-refractivity contribution >= 4 is 76.6 Å². The van der Waals surface area contributed by atoms with Gasteiger partial charge in [-0.15, -0.1) is 0 Å². The van der Waals surface area contributed by atoms with Gasteiger partial charge >= 0.3 is 0 Å². The summed E-state index contributed by atoms with van der Waals surface area (Å²) in [6.07, 6.45) is 0. The summed E-state index contributed by atoms with van der Waals surface area (Å²) < 4.78 is 10.7. The third-order valence-electron chi connectivity index (χ3n) is 10.1. The average molecular weight is 627 g/mol. The average Bonchev–Trinajstić information content (AvgIpc) is 3.88. The summed E-state index contributed by atoms with van der Waals surface area (Å²) >= 11 is 0. The van der Waals surface area contributed by atoms with Crippen LogP contribution >= 0.6 is 0 Å². The molecule has 0 N–H and O–H groups in total. The Morgan fingerprint density at radius 3 is 1.49 bits per heavy atom. The van der Waals surface area contributed by atoms with Crippen molar-refractivity contribution in [3.8, 4) is 34.4 Å². The Morgan fingerprint density at radius 1 is 0.388 bits per heavy atom. The van der Waals surface area contributed by atoms with E-state index < -0.39 is 0 Å². The maximum Gasteiger partial charge on any atom is 0.237 e. The second-order valence-corrected chi connectivity index (χ2v) is 12.7. The van der Waals surface area contributed by atoms with Crippen LogP contribution in [0, 0.1) is 0 Å². The molecule has 7 nitrogen and oxygen atoms in total. The topological polar surface area (TPSA) is 74.6 Å². The van der Waals surface area contributed by atoms with Gasteiger partial charge in [-0.05, 0) is 30.3 Å². The second-order valence-electron chi connectivity index (χ2n) is 12.7. The number of benzene rings is 6. The van der Waals surface area contributed by atoms with Crippen molar-refractivity contribution in [2.75, 3.05) is 0 Å². The fourth-order valence-corrected chi connectivity index (χ4v) is 8.04. The minimum Gasteiger partial charge on any atom is -0.456 e. The zero-order valence-corrected chi connectivity index (χ0v) is 25.8. The number of hydrogen-bond acceptors (Lipinski definition) is 5. The monoisotopic (exact) mass is 626 g/mol. The predicted molar refractivity (Wildman–Crippen MR) is 196 cm³/mol. The van der Waals surface area contributed by atoms with Crippen molar-refractivity contribution in [3.63, 3.8) is 0 Å². The number of hydrogen-bond donors (Lipinski definition) is 0. The standard InChI is InChI=1S/C42H22N6O/c1-2-16-28-27(15-1)38-37-39(28)44-42(46-40(37)45-41(43-38)47-31-17-7-3-11-23(31)24-12-4-8-18-32(24)47)48-33-19-9-5-13-25(33)29-21-30-26-14-6-10-20-35(26)49-36(30)22-34(29)48/h1-22H. The lowest BCUT2D eigenvalue weighted by molar-refractivity contribution is 0.669. The molecule has 7 heteroatoms. The first-order valence-electron chi connectivity index (χ1n) is 16.3. The number of furan rings is 1. The molecule has 1 aliphatic carbocycles. The maximum atomic E-state index is 6.37. The number of aromatic nitrogens is 6. The van der Waals surface area contributed by atoms with E-state index in [0.717, 1.165) is 93.5 Å². The van der Waals surface area contributed by atoms with Gasteiger partial charge in [0.1, 0.15) is 11.2 Å². The summed E-state index contributed by atoms with van der Waals surface area (Å²) in [5.74, 6) is 1.14. The molecule has 12 rings (SSSR count). The molecule has 0 atom stereocenters. The second kappa shape index (κ2) is 8.93. The first-order valence-corrected chi connectivity index (χ1v) is 16.3. The Morgan fingerprint density at radius 2 is 0.878 bits per heavy atom. The van der Waals surface area contributed by atoms with Crippen LogP contribution in [0.4, 0.5) is 0 Å². The Kier molecular flexibility index (Phi) is 4.60. The molecule has 0 radical (unpaired) electrons. The molecule has 0 amide bonds. The van der Waals surface area contributed by atoms with Crippen molar-refractivity contribution < 1.29 is 4.42 Å². The lowest BCUT2D eigenvalue weighted by Crippen LogP contribution is -2.06. The summed E-state index contributed by atoms with van der Waals surface area (Å²) in [5, 5.41) is 7.62. The third kappa shape index (κ3) is 3.21. The number of nitrogens with zero attached hydrogens (tertiary/aromatic N) is 6. The van der Waals surface area contributed by atoms with Gasteiger partial charge in [0.25, 0.3) is 0 Å². The highest BCUT2D eigenvalue weighted by atomic mass is 16.3. The molecule has 226 valence electrons. The minimum absolute atomic E-state index is 0.554. The van der Waals surface area contributed by atoms with E-state index in [-0.39, 0.29) is 0 Å². The zero-order valence-electron chi connectivity index (χ0n) is 25.8. The molecule has 0 aliphatic heterocycles. The van der Waals surface area contributed by atoms with Crippen molar-refractivity contribution in [2.24, 2.45) is 0 Å². The molecule has 0 saturated carbocycles. The Balaban J connectivity index is 1.21. The Bertz CT molecular complexity index is 3180. The maximum absolute atomic E-state index is 6.37. The first kappa shape index (κ1) is 25.3. The van der Waals surface area contributed by atoms with Gasteiger partial charge in [0.15, 0.2) is 5.65 Å². The number of para-hydroxylation sites is 4. The molecule has 0 spiro atoms. The van der Waals surface area contributed by atoms with E-state index in [1.807, 2.05) is 12.1 Å². The largest absolute Gasteiger partial charge is 0.456 e. The normalized spacial score (nSPS) is 12.5. The fourth-order valence-electron chi connectivity index (χ4n) is 8.04. The summed E-state index contributed by atoms with van der Waals surface area (Å²) in [7, 11) is 0. The van der Waals surface area contributed by atoms with Crippen molar-refractivity contribution in [1.82, 2.24) is 29.1 Å². The predicted octanol–water partition coefficient (Wildman–Crippen LogP) is 10.2. The minimum atomic E-state index is 0.554. The van der Waals surface area contributed by atoms with E-state index in [1.165, 1.54) is 0 Å². The molecule has 0 unspecified atom stereocenters. The van der Waals surface area contributed by atoms with Crippen molar-refractivity contribution in [1.29, 1.82) is 0 Å². The fraction of sp³-hybridized carbons (Fsp3) is 0. The van der Waals surface area contributed by atoms with Gasteiger partial charge < -0.3 is 4.42 Å². The van der Waals surface area contributed by atoms with Gasteiger partial charge in [0.2, 0.25) is 11.9 Å². The number of fused-ring (bicyclic) bond motifs is 12. The molecule has 5 heterocycles. The van der Waals surface area contributed by atoms with E-state index in [0.29, 0.717) is 17.5 Å². The molecule has 11 aromatic rings. The van der Waals surface area contributed by atoms with Crippen LogP contribution in [-0.4, -0.2) is 29.1 Å². The molecule has 0 saturated heterocycles. The highest BCUT2D eigenvalue weighted by Crippen LogP contribution is 2.46. The van der Waals surface area contributed by atoms with Gasteiger partial charge in [0.05, 0.1) is 38.8 Å². The van der Waals surface area contributed by atoms with E-state index in [2.05, 4.69) is 130 Å². The molecule has 0 bridgehead atoms. The SMILES string of the molecule is c1ccc2c(c1)-c1nc(-n3c4ccccc4c4ccccc43)nc3nc(-n4c5ccccc5c5cc6c(cc54)oc4ccccc46)nc-2c13. The van der Waals surface area contributed by atoms with Crippen LogP contribution in [0.25, 0.3) is 111 Å². The van der Waals surface area contributed by atoms with Gasteiger partial charge in [-0.2, -0.15) is 9.97 Å². The molecular weight excluding hydrogens is 605 g/mol. The smallest absolute Gasteiger partial charge is 0.237 e. The molecule has 1 aliphatic rings. The summed E-state index contributed by atoms with van der Waals surface area (Å²) in [6.45, 7) is 0. The van der Waals surface area contributed by atoms with Crippen LogP contribution in [0.5, 0.6) is 0 Å². The van der Waals surface area contributed by atoms with E-state index in [4.69, 9.17) is 24.4 Å². The van der Waals surface area contributed by atoms with Crippen LogP contribution in [0.15, 0.2) is 138 Å². The van der Waals surface area contributed by atoms with Crippen molar-refractivity contribution in [3.05, 3.63) is 133 Å². The number of rotatable bonds is 2. The third-order valence-corrected chi connectivity index (χ3v) is 10.1. The quantitative estimate of drug-likeness (QED) is 0.191. The van der Waals surface area contributed by atoms with Crippen LogP contribution in [0.2, 0.25) is 0 Å². The van der Waals surface area contributed by atoms with Crippen LogP contribution in [-0.2, 0) is 0 Å². The molecule has 0 fully saturated rings. The Hall–Kier alpha value is -6.86.